The molecule has 1 aliphatic heterocycles. The molecule has 3 heterocycles. The zero-order chi connectivity index (χ0) is 21.3. The molecule has 0 atom stereocenters. The molecule has 1 aromatic carbocycles. The summed E-state index contributed by atoms with van der Waals surface area (Å²) in [5.41, 5.74) is 1.80. The fraction of sp³-hybridized carbons (Fsp3) is 0.263. The maximum atomic E-state index is 13.2. The zero-order valence-electron chi connectivity index (χ0n) is 16.3. The number of hydrogen-bond acceptors (Lipinski definition) is 8. The predicted octanol–water partition coefficient (Wildman–Crippen LogP) is 2.25. The van der Waals surface area contributed by atoms with Crippen molar-refractivity contribution in [1.82, 2.24) is 19.3 Å². The first-order valence-electron chi connectivity index (χ1n) is 9.09. The first-order chi connectivity index (χ1) is 14.4. The maximum Gasteiger partial charge on any atom is 0.277 e. The number of nitrogens with zero attached hydrogens (tertiary/aromatic N) is 4. The van der Waals surface area contributed by atoms with Crippen molar-refractivity contribution in [2.45, 2.75) is 24.8 Å². The number of benzene rings is 1. The van der Waals surface area contributed by atoms with Gasteiger partial charge in [0, 0.05) is 30.2 Å². The average molecular weight is 446 g/mol. The van der Waals surface area contributed by atoms with Crippen LogP contribution in [0.5, 0.6) is 5.75 Å². The highest BCUT2D eigenvalue weighted by Crippen LogP contribution is 2.34. The molecule has 1 aliphatic rings. The van der Waals surface area contributed by atoms with Gasteiger partial charge in [-0.3, -0.25) is 15.1 Å². The third-order valence-electron chi connectivity index (χ3n) is 4.65. The van der Waals surface area contributed by atoms with Gasteiger partial charge in [0.1, 0.15) is 16.3 Å². The van der Waals surface area contributed by atoms with Crippen LogP contribution in [0.15, 0.2) is 41.7 Å². The van der Waals surface area contributed by atoms with Gasteiger partial charge in [-0.2, -0.15) is 4.31 Å². The number of aromatic nitrogens is 3. The number of carbonyl (C=O) groups excluding carboxylic acids is 1. The van der Waals surface area contributed by atoms with Crippen molar-refractivity contribution in [2.75, 3.05) is 19.0 Å². The summed E-state index contributed by atoms with van der Waals surface area (Å²) in [4.78, 5) is 25.5. The summed E-state index contributed by atoms with van der Waals surface area (Å²) in [6.07, 6.45) is 4.74. The SMILES string of the molecule is COc1ccc(C)cc1S(=O)(=O)N1CCc2nc(NC(=O)c3cnccn3)sc2C1. The number of methoxy groups -OCH3 is 1. The normalized spacial score (nSPS) is 14.2. The lowest BCUT2D eigenvalue weighted by Crippen LogP contribution is -2.35. The number of sulfonamides is 1. The molecule has 1 amide bonds. The van der Waals surface area contributed by atoms with Crippen LogP contribution in [0.4, 0.5) is 5.13 Å². The Morgan fingerprint density at radius 3 is 2.87 bits per heavy atom. The lowest BCUT2D eigenvalue weighted by Gasteiger charge is -2.26. The average Bonchev–Trinajstić information content (AvgIpc) is 3.15. The molecule has 9 nitrogen and oxygen atoms in total. The fourth-order valence-electron chi connectivity index (χ4n) is 3.13. The minimum Gasteiger partial charge on any atom is -0.495 e. The Labute approximate surface area is 177 Å². The Morgan fingerprint density at radius 2 is 2.13 bits per heavy atom. The van der Waals surface area contributed by atoms with Crippen molar-refractivity contribution in [3.05, 3.63) is 58.6 Å². The number of amides is 1. The van der Waals surface area contributed by atoms with Gasteiger partial charge in [-0.25, -0.2) is 18.4 Å². The summed E-state index contributed by atoms with van der Waals surface area (Å²) in [5, 5.41) is 3.11. The van der Waals surface area contributed by atoms with E-state index in [-0.39, 0.29) is 17.1 Å². The van der Waals surface area contributed by atoms with Crippen molar-refractivity contribution in [3.63, 3.8) is 0 Å². The number of carbonyl (C=O) groups is 1. The number of fused-ring (bicyclic) bond motifs is 1. The summed E-state index contributed by atoms with van der Waals surface area (Å²) < 4.78 is 33.2. The first kappa shape index (κ1) is 20.4. The van der Waals surface area contributed by atoms with E-state index < -0.39 is 15.9 Å². The van der Waals surface area contributed by atoms with Crippen LogP contribution in [-0.2, 0) is 23.0 Å². The number of anilines is 1. The summed E-state index contributed by atoms with van der Waals surface area (Å²) in [6, 6.07) is 5.08. The lowest BCUT2D eigenvalue weighted by molar-refractivity contribution is 0.102. The molecule has 156 valence electrons. The topological polar surface area (TPSA) is 114 Å². The third-order valence-corrected chi connectivity index (χ3v) is 7.51. The predicted molar refractivity (Wildman–Crippen MR) is 111 cm³/mol. The van der Waals surface area contributed by atoms with Crippen LogP contribution in [0.25, 0.3) is 0 Å². The van der Waals surface area contributed by atoms with E-state index in [1.165, 1.54) is 41.3 Å². The molecule has 0 aliphatic carbocycles. The Kier molecular flexibility index (Phi) is 5.50. The summed E-state index contributed by atoms with van der Waals surface area (Å²) >= 11 is 1.26. The highest BCUT2D eigenvalue weighted by molar-refractivity contribution is 7.89. The van der Waals surface area contributed by atoms with Gasteiger partial charge in [0.2, 0.25) is 10.0 Å². The number of ether oxygens (including phenoxy) is 1. The molecule has 0 spiro atoms. The lowest BCUT2D eigenvalue weighted by atomic mass is 10.2. The molecule has 30 heavy (non-hydrogen) atoms. The van der Waals surface area contributed by atoms with E-state index >= 15 is 0 Å². The molecule has 0 unspecified atom stereocenters. The van der Waals surface area contributed by atoms with Gasteiger partial charge < -0.3 is 4.74 Å². The van der Waals surface area contributed by atoms with E-state index in [0.29, 0.717) is 23.8 Å². The van der Waals surface area contributed by atoms with Crippen molar-refractivity contribution in [3.8, 4) is 5.75 Å². The Hall–Kier alpha value is -2.89. The van der Waals surface area contributed by atoms with Crippen LogP contribution in [0.3, 0.4) is 0 Å². The monoisotopic (exact) mass is 445 g/mol. The van der Waals surface area contributed by atoms with E-state index in [2.05, 4.69) is 20.3 Å². The van der Waals surface area contributed by atoms with Crippen molar-refractivity contribution >= 4 is 32.4 Å². The number of rotatable bonds is 5. The largest absolute Gasteiger partial charge is 0.495 e. The van der Waals surface area contributed by atoms with Crippen LogP contribution in [0, 0.1) is 6.92 Å². The maximum absolute atomic E-state index is 13.2. The van der Waals surface area contributed by atoms with Crippen LogP contribution >= 0.6 is 11.3 Å². The molecule has 0 fully saturated rings. The van der Waals surface area contributed by atoms with Gasteiger partial charge in [0.15, 0.2) is 5.13 Å². The molecular weight excluding hydrogens is 426 g/mol. The van der Waals surface area contributed by atoms with Gasteiger partial charge in [0.25, 0.3) is 5.91 Å². The molecule has 3 aromatic rings. The third kappa shape index (κ3) is 3.91. The molecule has 0 saturated carbocycles. The molecule has 11 heteroatoms. The minimum atomic E-state index is -3.75. The number of aryl methyl sites for hydroxylation is 1. The van der Waals surface area contributed by atoms with E-state index in [9.17, 15) is 13.2 Å². The van der Waals surface area contributed by atoms with Crippen LogP contribution in [0.1, 0.15) is 26.6 Å². The van der Waals surface area contributed by atoms with Gasteiger partial charge >= 0.3 is 0 Å². The molecule has 1 N–H and O–H groups in total. The molecular formula is C19H19N5O4S2. The zero-order valence-corrected chi connectivity index (χ0v) is 18.0. The summed E-state index contributed by atoms with van der Waals surface area (Å²) in [6.45, 7) is 2.32. The van der Waals surface area contributed by atoms with Crippen molar-refractivity contribution in [1.29, 1.82) is 0 Å². The molecule has 0 radical (unpaired) electrons. The van der Waals surface area contributed by atoms with Crippen molar-refractivity contribution < 1.29 is 17.9 Å². The molecule has 0 saturated heterocycles. The van der Waals surface area contributed by atoms with Crippen LogP contribution < -0.4 is 10.1 Å². The molecule has 0 bridgehead atoms. The van der Waals surface area contributed by atoms with Crippen LogP contribution in [0.2, 0.25) is 0 Å². The van der Waals surface area contributed by atoms with Gasteiger partial charge in [-0.05, 0) is 24.6 Å². The first-order valence-corrected chi connectivity index (χ1v) is 11.3. The minimum absolute atomic E-state index is 0.147. The Bertz CT molecular complexity index is 1190. The second-order valence-corrected chi connectivity index (χ2v) is 9.67. The Balaban J connectivity index is 1.56. The van der Waals surface area contributed by atoms with E-state index in [0.717, 1.165) is 16.1 Å². The van der Waals surface area contributed by atoms with Gasteiger partial charge in [0.05, 0.1) is 25.5 Å². The second kappa shape index (κ2) is 8.09. The summed E-state index contributed by atoms with van der Waals surface area (Å²) in [7, 11) is -2.29. The Morgan fingerprint density at radius 1 is 1.30 bits per heavy atom. The highest BCUT2D eigenvalue weighted by atomic mass is 32.2. The molecule has 4 rings (SSSR count). The number of nitrogens with one attached hydrogen (secondary N) is 1. The van der Waals surface area contributed by atoms with Crippen LogP contribution in [-0.4, -0.2) is 47.2 Å². The van der Waals surface area contributed by atoms with Gasteiger partial charge in [-0.15, -0.1) is 11.3 Å². The number of hydrogen-bond donors (Lipinski definition) is 1. The van der Waals surface area contributed by atoms with E-state index in [1.54, 1.807) is 18.2 Å². The van der Waals surface area contributed by atoms with Gasteiger partial charge in [-0.1, -0.05) is 6.07 Å². The second-order valence-electron chi connectivity index (χ2n) is 6.68. The fourth-order valence-corrected chi connectivity index (χ4v) is 5.88. The summed E-state index contributed by atoms with van der Waals surface area (Å²) in [5.74, 6) is -0.101. The van der Waals surface area contributed by atoms with E-state index in [4.69, 9.17) is 4.74 Å². The molecule has 2 aromatic heterocycles. The number of thiazole rings is 1. The van der Waals surface area contributed by atoms with E-state index in [1.807, 2.05) is 6.92 Å². The highest BCUT2D eigenvalue weighted by Gasteiger charge is 2.32. The van der Waals surface area contributed by atoms with Crippen molar-refractivity contribution in [2.24, 2.45) is 0 Å². The smallest absolute Gasteiger partial charge is 0.277 e. The quantitative estimate of drug-likeness (QED) is 0.640. The standard InChI is InChI=1S/C19H19N5O4S2/c1-12-3-4-15(28-2)17(9-12)30(26,27)24-8-5-13-16(11-24)29-19(22-13)23-18(25)14-10-20-6-7-21-14/h3-4,6-7,9-10H,5,8,11H2,1-2H3,(H,22,23,25).